The van der Waals surface area contributed by atoms with E-state index < -0.39 is 11.7 Å². The van der Waals surface area contributed by atoms with E-state index >= 15 is 0 Å². The molecule has 1 aromatic heterocycles. The topological polar surface area (TPSA) is 45.2 Å². The van der Waals surface area contributed by atoms with Crippen LogP contribution in [0.1, 0.15) is 44.9 Å². The summed E-state index contributed by atoms with van der Waals surface area (Å²) in [5.74, 6) is 0.618. The number of rotatable bonds is 6. The number of alkyl halides is 3. The lowest BCUT2D eigenvalue weighted by Gasteiger charge is -2.31. The van der Waals surface area contributed by atoms with Gasteiger partial charge in [0.05, 0.1) is 11.3 Å². The molecular weight excluding hydrogens is 411 g/mol. The molecule has 4 nitrogen and oxygen atoms in total. The summed E-state index contributed by atoms with van der Waals surface area (Å²) in [5, 5.41) is 5.78. The maximum atomic E-state index is 12.7. The fourth-order valence-electron chi connectivity index (χ4n) is 3.41. The third kappa shape index (κ3) is 5.82. The van der Waals surface area contributed by atoms with Gasteiger partial charge < -0.3 is 5.32 Å². The molecular formula is C22H28F3N3OS. The molecule has 2 aromatic rings. The summed E-state index contributed by atoms with van der Waals surface area (Å²) < 4.78 is 38.2. The first-order valence-electron chi connectivity index (χ1n) is 10.3. The molecule has 2 heterocycles. The Morgan fingerprint density at radius 1 is 1.20 bits per heavy atom. The van der Waals surface area contributed by atoms with Gasteiger partial charge in [-0.3, -0.25) is 9.69 Å². The molecule has 1 fully saturated rings. The van der Waals surface area contributed by atoms with Crippen LogP contribution in [-0.4, -0.2) is 34.9 Å². The molecule has 164 valence electrons. The first-order chi connectivity index (χ1) is 14.1. The van der Waals surface area contributed by atoms with Gasteiger partial charge in [0.25, 0.3) is 0 Å². The van der Waals surface area contributed by atoms with Crippen LogP contribution < -0.4 is 5.32 Å². The van der Waals surface area contributed by atoms with Crippen LogP contribution in [0.25, 0.3) is 10.6 Å². The highest BCUT2D eigenvalue weighted by Crippen LogP contribution is 2.32. The zero-order valence-corrected chi connectivity index (χ0v) is 18.3. The Bertz CT molecular complexity index is 840. The lowest BCUT2D eigenvalue weighted by atomic mass is 9.94. The minimum absolute atomic E-state index is 0.0561. The smallest absolute Gasteiger partial charge is 0.353 e. The van der Waals surface area contributed by atoms with Crippen molar-refractivity contribution in [2.45, 2.75) is 52.4 Å². The lowest BCUT2D eigenvalue weighted by Crippen LogP contribution is -2.44. The number of piperidine rings is 1. The molecule has 8 heteroatoms. The van der Waals surface area contributed by atoms with E-state index in [0.717, 1.165) is 48.8 Å². The monoisotopic (exact) mass is 439 g/mol. The maximum absolute atomic E-state index is 12.7. The standard InChI is InChI=1S/C22H28F3N3OS/c1-14(2)15(3)26-20(29)16-8-10-28(11-9-16)12-19-13-30-21(27-19)17-4-6-18(7-5-17)22(23,24)25/h4-7,13-16H,8-12H2,1-3H3,(H,26,29). The minimum atomic E-state index is -4.33. The highest BCUT2D eigenvalue weighted by molar-refractivity contribution is 7.13. The van der Waals surface area contributed by atoms with Crippen molar-refractivity contribution in [2.75, 3.05) is 13.1 Å². The van der Waals surface area contributed by atoms with Crippen molar-refractivity contribution < 1.29 is 18.0 Å². The molecule has 0 spiro atoms. The molecule has 1 aliphatic rings. The van der Waals surface area contributed by atoms with Crippen molar-refractivity contribution in [2.24, 2.45) is 11.8 Å². The summed E-state index contributed by atoms with van der Waals surface area (Å²) in [4.78, 5) is 19.3. The van der Waals surface area contributed by atoms with E-state index in [1.54, 1.807) is 0 Å². The molecule has 0 aliphatic carbocycles. The van der Waals surface area contributed by atoms with Gasteiger partial charge in [0.2, 0.25) is 5.91 Å². The molecule has 1 amide bonds. The summed E-state index contributed by atoms with van der Waals surface area (Å²) in [6.07, 6.45) is -2.68. The van der Waals surface area contributed by atoms with Crippen LogP contribution in [0.2, 0.25) is 0 Å². The van der Waals surface area contributed by atoms with Gasteiger partial charge in [0, 0.05) is 29.4 Å². The Kier molecular flexibility index (Phi) is 7.18. The van der Waals surface area contributed by atoms with Gasteiger partial charge in [-0.05, 0) is 50.9 Å². The van der Waals surface area contributed by atoms with Crippen LogP contribution in [0, 0.1) is 11.8 Å². The van der Waals surface area contributed by atoms with Crippen molar-refractivity contribution in [3.8, 4) is 10.6 Å². The fraction of sp³-hybridized carbons (Fsp3) is 0.545. The van der Waals surface area contributed by atoms with E-state index in [4.69, 9.17) is 0 Å². The highest BCUT2D eigenvalue weighted by Gasteiger charge is 2.30. The third-order valence-corrected chi connectivity index (χ3v) is 6.67. The van der Waals surface area contributed by atoms with Crippen molar-refractivity contribution in [1.29, 1.82) is 0 Å². The van der Waals surface area contributed by atoms with E-state index in [1.807, 2.05) is 12.3 Å². The average molecular weight is 440 g/mol. The van der Waals surface area contributed by atoms with Gasteiger partial charge in [-0.2, -0.15) is 13.2 Å². The van der Waals surface area contributed by atoms with Crippen LogP contribution in [0.4, 0.5) is 13.2 Å². The van der Waals surface area contributed by atoms with Crippen LogP contribution in [0.3, 0.4) is 0 Å². The van der Waals surface area contributed by atoms with E-state index in [0.29, 0.717) is 18.0 Å². The minimum Gasteiger partial charge on any atom is -0.353 e. The molecule has 1 aliphatic heterocycles. The number of benzene rings is 1. The summed E-state index contributed by atoms with van der Waals surface area (Å²) in [6.45, 7) is 8.59. The number of likely N-dealkylation sites (tertiary alicyclic amines) is 1. The summed E-state index contributed by atoms with van der Waals surface area (Å²) >= 11 is 1.44. The number of nitrogens with zero attached hydrogens (tertiary/aromatic N) is 2. The van der Waals surface area contributed by atoms with Crippen LogP contribution in [0.15, 0.2) is 29.6 Å². The van der Waals surface area contributed by atoms with E-state index in [2.05, 4.69) is 29.0 Å². The maximum Gasteiger partial charge on any atom is 0.416 e. The molecule has 1 aromatic carbocycles. The zero-order chi connectivity index (χ0) is 21.9. The lowest BCUT2D eigenvalue weighted by molar-refractivity contribution is -0.137. The molecule has 0 bridgehead atoms. The summed E-state index contributed by atoms with van der Waals surface area (Å²) in [5.41, 5.74) is 0.942. The van der Waals surface area contributed by atoms with Crippen LogP contribution in [0.5, 0.6) is 0 Å². The summed E-state index contributed by atoms with van der Waals surface area (Å²) in [6, 6.07) is 5.29. The first-order valence-corrected chi connectivity index (χ1v) is 11.2. The fourth-order valence-corrected chi connectivity index (χ4v) is 4.22. The molecule has 0 radical (unpaired) electrons. The number of thiazole rings is 1. The van der Waals surface area contributed by atoms with E-state index in [9.17, 15) is 18.0 Å². The number of hydrogen-bond donors (Lipinski definition) is 1. The average Bonchev–Trinajstić information content (AvgIpc) is 3.16. The molecule has 1 saturated heterocycles. The Morgan fingerprint density at radius 2 is 1.83 bits per heavy atom. The van der Waals surface area contributed by atoms with Gasteiger partial charge in [-0.25, -0.2) is 4.98 Å². The number of carbonyl (C=O) groups excluding carboxylic acids is 1. The summed E-state index contributed by atoms with van der Waals surface area (Å²) in [7, 11) is 0. The predicted octanol–water partition coefficient (Wildman–Crippen LogP) is 5.20. The third-order valence-electron chi connectivity index (χ3n) is 5.72. The zero-order valence-electron chi connectivity index (χ0n) is 17.5. The molecule has 3 rings (SSSR count). The predicted molar refractivity (Wildman–Crippen MR) is 113 cm³/mol. The number of carbonyl (C=O) groups is 1. The quantitative estimate of drug-likeness (QED) is 0.673. The van der Waals surface area contributed by atoms with Crippen molar-refractivity contribution in [3.05, 3.63) is 40.9 Å². The van der Waals surface area contributed by atoms with Gasteiger partial charge in [-0.15, -0.1) is 11.3 Å². The van der Waals surface area contributed by atoms with Gasteiger partial charge in [-0.1, -0.05) is 26.0 Å². The van der Waals surface area contributed by atoms with Gasteiger partial charge >= 0.3 is 6.18 Å². The second-order valence-corrected chi connectivity index (χ2v) is 9.17. The number of halogens is 3. The number of hydrogen-bond acceptors (Lipinski definition) is 4. The molecule has 1 N–H and O–H groups in total. The largest absolute Gasteiger partial charge is 0.416 e. The van der Waals surface area contributed by atoms with Gasteiger partial charge in [0.1, 0.15) is 5.01 Å². The van der Waals surface area contributed by atoms with Gasteiger partial charge in [0.15, 0.2) is 0 Å². The Hall–Kier alpha value is -1.93. The van der Waals surface area contributed by atoms with Crippen molar-refractivity contribution in [1.82, 2.24) is 15.2 Å². The van der Waals surface area contributed by atoms with Crippen molar-refractivity contribution in [3.63, 3.8) is 0 Å². The number of nitrogens with one attached hydrogen (secondary N) is 1. The van der Waals surface area contributed by atoms with Crippen LogP contribution in [-0.2, 0) is 17.5 Å². The Labute approximate surface area is 179 Å². The molecule has 30 heavy (non-hydrogen) atoms. The molecule has 1 atom stereocenters. The van der Waals surface area contributed by atoms with Crippen LogP contribution >= 0.6 is 11.3 Å². The second-order valence-electron chi connectivity index (χ2n) is 8.31. The Morgan fingerprint density at radius 3 is 2.40 bits per heavy atom. The first kappa shape index (κ1) is 22.7. The van der Waals surface area contributed by atoms with Crippen molar-refractivity contribution >= 4 is 17.2 Å². The molecule has 0 saturated carbocycles. The Balaban J connectivity index is 1.52. The number of amides is 1. The van der Waals surface area contributed by atoms with E-state index in [-0.39, 0.29) is 17.9 Å². The second kappa shape index (κ2) is 9.47. The molecule has 1 unspecified atom stereocenters. The SMILES string of the molecule is CC(C)C(C)NC(=O)C1CCN(Cc2csc(-c3ccc(C(F)(F)F)cc3)n2)CC1. The normalized spacial score (nSPS) is 17.3. The highest BCUT2D eigenvalue weighted by atomic mass is 32.1. The van der Waals surface area contributed by atoms with E-state index in [1.165, 1.54) is 23.5 Å². The number of aromatic nitrogens is 1.